The standard InChI is InChI=1S/C26H27N5O4/c1-16-22(17(2)31(29-16)19-9-7-6-8-10-19)24(32)26(33)28-23(25-27-11-12-30(25)3)18-13-20(34-4)15-21(14-18)35-5/h6-15,23H,1-5H3,(H,28,33)/t23-/m1/s1. The molecule has 2 aromatic carbocycles. The molecule has 0 unspecified atom stereocenters. The Morgan fingerprint density at radius 1 is 1.00 bits per heavy atom. The minimum absolute atomic E-state index is 0.271. The van der Waals surface area contributed by atoms with Gasteiger partial charge in [0.15, 0.2) is 0 Å². The van der Waals surface area contributed by atoms with Crippen LogP contribution in [0.2, 0.25) is 0 Å². The van der Waals surface area contributed by atoms with E-state index in [0.717, 1.165) is 5.69 Å². The number of amides is 1. The molecule has 0 bridgehead atoms. The van der Waals surface area contributed by atoms with Crippen molar-refractivity contribution in [3.05, 3.63) is 89.3 Å². The molecule has 35 heavy (non-hydrogen) atoms. The Hall–Kier alpha value is -4.40. The summed E-state index contributed by atoms with van der Waals surface area (Å²) >= 11 is 0. The number of nitrogens with one attached hydrogen (secondary N) is 1. The van der Waals surface area contributed by atoms with Crippen molar-refractivity contribution in [1.29, 1.82) is 0 Å². The van der Waals surface area contributed by atoms with Crippen LogP contribution in [0.1, 0.15) is 39.2 Å². The molecule has 0 saturated carbocycles. The lowest BCUT2D eigenvalue weighted by Crippen LogP contribution is -2.36. The molecule has 180 valence electrons. The average Bonchev–Trinajstić information content (AvgIpc) is 3.43. The van der Waals surface area contributed by atoms with E-state index in [4.69, 9.17) is 9.47 Å². The molecule has 1 atom stereocenters. The second-order valence-electron chi connectivity index (χ2n) is 8.07. The van der Waals surface area contributed by atoms with Crippen LogP contribution in [0, 0.1) is 13.8 Å². The van der Waals surface area contributed by atoms with Crippen LogP contribution < -0.4 is 14.8 Å². The summed E-state index contributed by atoms with van der Waals surface area (Å²) in [5.41, 5.74) is 2.80. The highest BCUT2D eigenvalue weighted by Crippen LogP contribution is 2.30. The smallest absolute Gasteiger partial charge is 0.293 e. The number of aryl methyl sites for hydroxylation is 2. The second-order valence-corrected chi connectivity index (χ2v) is 8.07. The molecular weight excluding hydrogens is 446 g/mol. The van der Waals surface area contributed by atoms with E-state index in [1.54, 1.807) is 67.9 Å². The third kappa shape index (κ3) is 4.65. The van der Waals surface area contributed by atoms with Gasteiger partial charge < -0.3 is 19.4 Å². The summed E-state index contributed by atoms with van der Waals surface area (Å²) in [4.78, 5) is 31.1. The normalized spacial score (nSPS) is 11.7. The van der Waals surface area contributed by atoms with Crippen LogP contribution in [0.25, 0.3) is 5.69 Å². The van der Waals surface area contributed by atoms with E-state index in [2.05, 4.69) is 15.4 Å². The van der Waals surface area contributed by atoms with Gasteiger partial charge in [0.1, 0.15) is 23.4 Å². The van der Waals surface area contributed by atoms with Gasteiger partial charge in [-0.3, -0.25) is 9.59 Å². The van der Waals surface area contributed by atoms with Crippen molar-refractivity contribution in [3.63, 3.8) is 0 Å². The van der Waals surface area contributed by atoms with Gasteiger partial charge in [-0.15, -0.1) is 0 Å². The van der Waals surface area contributed by atoms with E-state index < -0.39 is 17.7 Å². The van der Waals surface area contributed by atoms with Gasteiger partial charge in [-0.25, -0.2) is 9.67 Å². The van der Waals surface area contributed by atoms with Crippen molar-refractivity contribution >= 4 is 11.7 Å². The molecule has 0 aliphatic heterocycles. The van der Waals surface area contributed by atoms with Gasteiger partial charge in [0, 0.05) is 25.5 Å². The fourth-order valence-electron chi connectivity index (χ4n) is 4.05. The number of Topliss-reactive ketones (excluding diaryl/α,β-unsaturated/α-hetero) is 1. The molecule has 9 nitrogen and oxygen atoms in total. The molecule has 4 rings (SSSR count). The van der Waals surface area contributed by atoms with Crippen LogP contribution in [-0.4, -0.2) is 45.2 Å². The number of para-hydroxylation sites is 1. The Bertz CT molecular complexity index is 1350. The van der Waals surface area contributed by atoms with Crippen LogP contribution in [0.5, 0.6) is 11.5 Å². The number of aromatic nitrogens is 4. The number of methoxy groups -OCH3 is 2. The first-order chi connectivity index (χ1) is 16.8. The summed E-state index contributed by atoms with van der Waals surface area (Å²) in [5, 5.41) is 7.36. The number of nitrogens with zero attached hydrogens (tertiary/aromatic N) is 4. The van der Waals surface area contributed by atoms with E-state index in [1.165, 1.54) is 0 Å². The highest BCUT2D eigenvalue weighted by atomic mass is 16.5. The van der Waals surface area contributed by atoms with Crippen molar-refractivity contribution in [3.8, 4) is 17.2 Å². The van der Waals surface area contributed by atoms with Crippen molar-refractivity contribution in [2.45, 2.75) is 19.9 Å². The third-order valence-corrected chi connectivity index (χ3v) is 5.82. The second kappa shape index (κ2) is 9.84. The van der Waals surface area contributed by atoms with E-state index in [0.29, 0.717) is 34.3 Å². The summed E-state index contributed by atoms with van der Waals surface area (Å²) < 4.78 is 14.2. The number of ketones is 1. The molecule has 2 aromatic heterocycles. The number of imidazole rings is 1. The Kier molecular flexibility index (Phi) is 6.68. The number of rotatable bonds is 8. The lowest BCUT2D eigenvalue weighted by atomic mass is 10.0. The Balaban J connectivity index is 1.70. The molecule has 0 fully saturated rings. The predicted molar refractivity (Wildman–Crippen MR) is 130 cm³/mol. The van der Waals surface area contributed by atoms with Gasteiger partial charge in [0.05, 0.1) is 36.9 Å². The Morgan fingerprint density at radius 2 is 1.66 bits per heavy atom. The molecule has 0 aliphatic rings. The summed E-state index contributed by atoms with van der Waals surface area (Å²) in [6.07, 6.45) is 3.40. The number of hydrogen-bond donors (Lipinski definition) is 1. The number of carbonyl (C=O) groups excluding carboxylic acids is 2. The fraction of sp³-hybridized carbons (Fsp3) is 0.231. The lowest BCUT2D eigenvalue weighted by Gasteiger charge is -2.20. The molecule has 0 radical (unpaired) electrons. The van der Waals surface area contributed by atoms with Crippen molar-refractivity contribution in [2.75, 3.05) is 14.2 Å². The predicted octanol–water partition coefficient (Wildman–Crippen LogP) is 3.33. The maximum Gasteiger partial charge on any atom is 0.293 e. The van der Waals surface area contributed by atoms with E-state index in [-0.39, 0.29) is 5.56 Å². The van der Waals surface area contributed by atoms with Crippen molar-refractivity contribution < 1.29 is 19.1 Å². The summed E-state index contributed by atoms with van der Waals surface area (Å²) in [6, 6.07) is 14.0. The van der Waals surface area contributed by atoms with Gasteiger partial charge in [0.2, 0.25) is 0 Å². The van der Waals surface area contributed by atoms with E-state index >= 15 is 0 Å². The zero-order valence-corrected chi connectivity index (χ0v) is 20.3. The van der Waals surface area contributed by atoms with Crippen LogP contribution in [0.15, 0.2) is 60.9 Å². The molecule has 0 saturated heterocycles. The Labute approximate surface area is 203 Å². The van der Waals surface area contributed by atoms with Crippen molar-refractivity contribution in [1.82, 2.24) is 24.6 Å². The first-order valence-electron chi connectivity index (χ1n) is 11.0. The van der Waals surface area contributed by atoms with E-state index in [1.807, 2.05) is 37.4 Å². The Morgan fingerprint density at radius 3 is 2.23 bits per heavy atom. The molecule has 0 spiro atoms. The number of carbonyl (C=O) groups is 2. The minimum atomic E-state index is -0.765. The average molecular weight is 474 g/mol. The first-order valence-corrected chi connectivity index (χ1v) is 11.0. The van der Waals surface area contributed by atoms with Crippen LogP contribution in [0.4, 0.5) is 0 Å². The number of ether oxygens (including phenoxy) is 2. The number of hydrogen-bond acceptors (Lipinski definition) is 6. The molecular formula is C26H27N5O4. The fourth-order valence-corrected chi connectivity index (χ4v) is 4.05. The highest BCUT2D eigenvalue weighted by molar-refractivity contribution is 6.43. The minimum Gasteiger partial charge on any atom is -0.497 e. The van der Waals surface area contributed by atoms with Gasteiger partial charge in [-0.05, 0) is 43.7 Å². The third-order valence-electron chi connectivity index (χ3n) is 5.82. The first kappa shape index (κ1) is 23.7. The summed E-state index contributed by atoms with van der Waals surface area (Å²) in [7, 11) is 4.91. The zero-order valence-electron chi connectivity index (χ0n) is 20.3. The lowest BCUT2D eigenvalue weighted by molar-refractivity contribution is -0.117. The molecule has 9 heteroatoms. The van der Waals surface area contributed by atoms with Crippen molar-refractivity contribution in [2.24, 2.45) is 7.05 Å². The van der Waals surface area contributed by atoms with Gasteiger partial charge >= 0.3 is 0 Å². The molecule has 1 N–H and O–H groups in total. The maximum atomic E-state index is 13.4. The topological polar surface area (TPSA) is 100 Å². The van der Waals surface area contributed by atoms with E-state index in [9.17, 15) is 9.59 Å². The highest BCUT2D eigenvalue weighted by Gasteiger charge is 2.29. The molecule has 4 aromatic rings. The zero-order chi connectivity index (χ0) is 25.1. The molecule has 1 amide bonds. The molecule has 2 heterocycles. The monoisotopic (exact) mass is 473 g/mol. The summed E-state index contributed by atoms with van der Waals surface area (Å²) in [5.74, 6) is 0.217. The quantitative estimate of drug-likeness (QED) is 0.311. The van der Waals surface area contributed by atoms with Gasteiger partial charge in [0.25, 0.3) is 11.7 Å². The van der Waals surface area contributed by atoms with Gasteiger partial charge in [-0.2, -0.15) is 5.10 Å². The van der Waals surface area contributed by atoms with Crippen LogP contribution in [-0.2, 0) is 11.8 Å². The number of benzene rings is 2. The SMILES string of the molecule is COc1cc(OC)cc([C@@H](NC(=O)C(=O)c2c(C)nn(-c3ccccc3)c2C)c2nccn2C)c1. The molecule has 0 aliphatic carbocycles. The van der Waals surface area contributed by atoms with Gasteiger partial charge in [-0.1, -0.05) is 18.2 Å². The maximum absolute atomic E-state index is 13.4. The summed E-state index contributed by atoms with van der Waals surface area (Å²) in [6.45, 7) is 3.49. The van der Waals surface area contributed by atoms with Crippen LogP contribution in [0.3, 0.4) is 0 Å². The largest absolute Gasteiger partial charge is 0.497 e. The van der Waals surface area contributed by atoms with Crippen LogP contribution >= 0.6 is 0 Å².